The molecule has 1 aliphatic heterocycles. The molecule has 2 amide bonds. The molecule has 5 nitrogen and oxygen atoms in total. The Labute approximate surface area is 132 Å². The zero-order chi connectivity index (χ0) is 16.3. The number of likely N-dealkylation sites (tertiary alicyclic amines) is 1. The lowest BCUT2D eigenvalue weighted by Gasteiger charge is -2.26. The number of allylic oxidation sites excluding steroid dienone is 1. The average Bonchev–Trinajstić information content (AvgIpc) is 2.81. The summed E-state index contributed by atoms with van der Waals surface area (Å²) < 4.78 is 0. The molecule has 2 aliphatic rings. The summed E-state index contributed by atoms with van der Waals surface area (Å²) in [6.07, 6.45) is 7.13. The Morgan fingerprint density at radius 1 is 1.45 bits per heavy atom. The number of nitrogens with zero attached hydrogens (tertiary/aromatic N) is 2. The van der Waals surface area contributed by atoms with Gasteiger partial charge in [-0.1, -0.05) is 26.0 Å². The smallest absolute Gasteiger partial charge is 0.237 e. The van der Waals surface area contributed by atoms with Gasteiger partial charge < -0.3 is 10.2 Å². The van der Waals surface area contributed by atoms with Crippen LogP contribution in [0.3, 0.4) is 0 Å². The summed E-state index contributed by atoms with van der Waals surface area (Å²) in [5, 5.41) is 11.8. The Hall–Kier alpha value is -1.83. The second-order valence-corrected chi connectivity index (χ2v) is 7.08. The van der Waals surface area contributed by atoms with Crippen LogP contribution in [-0.2, 0) is 9.59 Å². The lowest BCUT2D eigenvalue weighted by molar-refractivity contribution is -0.133. The summed E-state index contributed by atoms with van der Waals surface area (Å²) >= 11 is 0. The van der Waals surface area contributed by atoms with Crippen molar-refractivity contribution in [3.8, 4) is 6.07 Å². The molecule has 0 aromatic rings. The van der Waals surface area contributed by atoms with E-state index in [1.807, 2.05) is 17.0 Å². The summed E-state index contributed by atoms with van der Waals surface area (Å²) in [5.74, 6) is -0.777. The van der Waals surface area contributed by atoms with Gasteiger partial charge in [0.1, 0.15) is 5.92 Å². The SMILES string of the molecule is CC(C#N)C(=O)NC1CN(C(=O)C2C=CCCC2)CC1(C)C. The number of carbonyl (C=O) groups excluding carboxylic acids is 2. The molecule has 0 aromatic heterocycles. The van der Waals surface area contributed by atoms with Crippen molar-refractivity contribution >= 4 is 11.8 Å². The zero-order valence-corrected chi connectivity index (χ0v) is 13.6. The molecule has 1 aliphatic carbocycles. The fourth-order valence-electron chi connectivity index (χ4n) is 3.15. The normalized spacial score (nSPS) is 28.0. The molecule has 3 unspecified atom stereocenters. The van der Waals surface area contributed by atoms with E-state index in [9.17, 15) is 9.59 Å². The first-order valence-corrected chi connectivity index (χ1v) is 8.00. The highest BCUT2D eigenvalue weighted by atomic mass is 16.2. The third kappa shape index (κ3) is 3.49. The quantitative estimate of drug-likeness (QED) is 0.809. The zero-order valence-electron chi connectivity index (χ0n) is 13.6. The minimum atomic E-state index is -0.665. The molecular formula is C17H25N3O2. The lowest BCUT2D eigenvalue weighted by atomic mass is 9.87. The van der Waals surface area contributed by atoms with E-state index in [0.29, 0.717) is 13.1 Å². The standard InChI is InChI=1S/C17H25N3O2/c1-12(9-18)15(21)19-14-10-20(11-17(14,2)3)16(22)13-7-5-4-6-8-13/h5,7,12-14H,4,6,8,10-11H2,1-3H3,(H,19,21). The van der Waals surface area contributed by atoms with Crippen LogP contribution in [0.1, 0.15) is 40.0 Å². The van der Waals surface area contributed by atoms with Gasteiger partial charge in [-0.05, 0) is 26.2 Å². The fourth-order valence-corrected chi connectivity index (χ4v) is 3.15. The van der Waals surface area contributed by atoms with Gasteiger partial charge in [-0.3, -0.25) is 9.59 Å². The summed E-state index contributed by atoms with van der Waals surface area (Å²) in [5.41, 5.74) is -0.182. The van der Waals surface area contributed by atoms with Gasteiger partial charge in [-0.25, -0.2) is 0 Å². The number of hydrogen-bond donors (Lipinski definition) is 1. The van der Waals surface area contributed by atoms with Crippen molar-refractivity contribution in [2.75, 3.05) is 13.1 Å². The van der Waals surface area contributed by atoms with Gasteiger partial charge in [-0.2, -0.15) is 5.26 Å². The van der Waals surface area contributed by atoms with E-state index >= 15 is 0 Å². The molecule has 5 heteroatoms. The summed E-state index contributed by atoms with van der Waals surface area (Å²) in [6, 6.07) is 1.85. The highest BCUT2D eigenvalue weighted by Crippen LogP contribution is 2.32. The predicted molar refractivity (Wildman–Crippen MR) is 83.5 cm³/mol. The van der Waals surface area contributed by atoms with Crippen molar-refractivity contribution in [3.05, 3.63) is 12.2 Å². The lowest BCUT2D eigenvalue weighted by Crippen LogP contribution is -2.46. The van der Waals surface area contributed by atoms with Crippen molar-refractivity contribution in [1.29, 1.82) is 5.26 Å². The first kappa shape index (κ1) is 16.5. The number of nitriles is 1. The van der Waals surface area contributed by atoms with Crippen LogP contribution in [0.4, 0.5) is 0 Å². The first-order valence-electron chi connectivity index (χ1n) is 8.00. The topological polar surface area (TPSA) is 73.2 Å². The van der Waals surface area contributed by atoms with Crippen molar-refractivity contribution in [1.82, 2.24) is 10.2 Å². The molecule has 1 heterocycles. The molecule has 1 fully saturated rings. The molecule has 0 aromatic carbocycles. The van der Waals surface area contributed by atoms with E-state index < -0.39 is 5.92 Å². The van der Waals surface area contributed by atoms with E-state index in [-0.39, 0.29) is 29.2 Å². The van der Waals surface area contributed by atoms with E-state index in [1.54, 1.807) is 6.92 Å². The number of nitrogens with one attached hydrogen (secondary N) is 1. The molecule has 120 valence electrons. The van der Waals surface area contributed by atoms with Crippen LogP contribution in [0.25, 0.3) is 0 Å². The molecule has 1 N–H and O–H groups in total. The molecule has 22 heavy (non-hydrogen) atoms. The molecule has 0 bridgehead atoms. The maximum Gasteiger partial charge on any atom is 0.237 e. The van der Waals surface area contributed by atoms with Gasteiger partial charge in [0.15, 0.2) is 0 Å². The van der Waals surface area contributed by atoms with E-state index in [4.69, 9.17) is 5.26 Å². The number of hydrogen-bond acceptors (Lipinski definition) is 3. The monoisotopic (exact) mass is 303 g/mol. The van der Waals surface area contributed by atoms with Crippen LogP contribution in [0.5, 0.6) is 0 Å². The van der Waals surface area contributed by atoms with Gasteiger partial charge in [-0.15, -0.1) is 0 Å². The van der Waals surface area contributed by atoms with Crippen LogP contribution < -0.4 is 5.32 Å². The van der Waals surface area contributed by atoms with Crippen LogP contribution in [-0.4, -0.2) is 35.8 Å². The second-order valence-electron chi connectivity index (χ2n) is 7.08. The van der Waals surface area contributed by atoms with Crippen molar-refractivity contribution in [2.45, 2.75) is 46.1 Å². The maximum atomic E-state index is 12.6. The maximum absolute atomic E-state index is 12.6. The highest BCUT2D eigenvalue weighted by molar-refractivity contribution is 5.83. The van der Waals surface area contributed by atoms with Gasteiger partial charge in [0.2, 0.25) is 11.8 Å². The van der Waals surface area contributed by atoms with Gasteiger partial charge in [0.25, 0.3) is 0 Å². The van der Waals surface area contributed by atoms with E-state index in [1.165, 1.54) is 0 Å². The third-order valence-electron chi connectivity index (χ3n) is 4.73. The molecule has 3 atom stereocenters. The number of rotatable bonds is 3. The predicted octanol–water partition coefficient (Wildman–Crippen LogP) is 1.86. The minimum absolute atomic E-state index is 0.0166. The van der Waals surface area contributed by atoms with Crippen LogP contribution in [0.15, 0.2) is 12.2 Å². The molecular weight excluding hydrogens is 278 g/mol. The Bertz CT molecular complexity index is 518. The number of amides is 2. The van der Waals surface area contributed by atoms with Crippen LogP contribution >= 0.6 is 0 Å². The molecule has 1 saturated heterocycles. The van der Waals surface area contributed by atoms with Gasteiger partial charge >= 0.3 is 0 Å². The average molecular weight is 303 g/mol. The van der Waals surface area contributed by atoms with Crippen LogP contribution in [0, 0.1) is 28.6 Å². The van der Waals surface area contributed by atoms with Crippen molar-refractivity contribution in [3.63, 3.8) is 0 Å². The Morgan fingerprint density at radius 2 is 2.18 bits per heavy atom. The fraction of sp³-hybridized carbons (Fsp3) is 0.706. The van der Waals surface area contributed by atoms with E-state index in [0.717, 1.165) is 19.3 Å². The highest BCUT2D eigenvalue weighted by Gasteiger charge is 2.43. The van der Waals surface area contributed by atoms with Crippen molar-refractivity contribution in [2.24, 2.45) is 17.3 Å². The van der Waals surface area contributed by atoms with Gasteiger partial charge in [0.05, 0.1) is 18.0 Å². The summed E-state index contributed by atoms with van der Waals surface area (Å²) in [7, 11) is 0. The minimum Gasteiger partial charge on any atom is -0.350 e. The third-order valence-corrected chi connectivity index (χ3v) is 4.73. The second kappa shape index (κ2) is 6.51. The molecule has 2 rings (SSSR count). The van der Waals surface area contributed by atoms with Crippen LogP contribution in [0.2, 0.25) is 0 Å². The first-order chi connectivity index (χ1) is 10.3. The van der Waals surface area contributed by atoms with Crippen molar-refractivity contribution < 1.29 is 9.59 Å². The number of carbonyl (C=O) groups is 2. The Kier molecular flexibility index (Phi) is 4.90. The molecule has 0 spiro atoms. The Balaban J connectivity index is 2.02. The summed E-state index contributed by atoms with van der Waals surface area (Å²) in [4.78, 5) is 26.4. The molecule has 0 radical (unpaired) electrons. The Morgan fingerprint density at radius 3 is 2.77 bits per heavy atom. The largest absolute Gasteiger partial charge is 0.350 e. The summed E-state index contributed by atoms with van der Waals surface area (Å²) in [6.45, 7) is 6.87. The van der Waals surface area contributed by atoms with E-state index in [2.05, 4.69) is 25.2 Å². The molecule has 0 saturated carbocycles. The van der Waals surface area contributed by atoms with Gasteiger partial charge in [0, 0.05) is 18.5 Å².